The van der Waals surface area contributed by atoms with Gasteiger partial charge in [-0.3, -0.25) is 9.91 Å². The van der Waals surface area contributed by atoms with Crippen LogP contribution in [0, 0.1) is 6.67 Å². The van der Waals surface area contributed by atoms with Crippen LogP contribution in [-0.4, -0.2) is 16.4 Å². The first-order valence-corrected chi connectivity index (χ1v) is 7.11. The van der Waals surface area contributed by atoms with Crippen LogP contribution in [0.15, 0.2) is 65.8 Å². The van der Waals surface area contributed by atoms with Crippen LogP contribution in [0.4, 0.5) is 5.69 Å². The van der Waals surface area contributed by atoms with Gasteiger partial charge in [-0.2, -0.15) is 5.10 Å². The molecule has 0 aliphatic carbocycles. The zero-order valence-corrected chi connectivity index (χ0v) is 12.6. The van der Waals surface area contributed by atoms with Crippen LogP contribution >= 0.6 is 0 Å². The predicted molar refractivity (Wildman–Crippen MR) is 86.7 cm³/mol. The highest BCUT2D eigenvalue weighted by Crippen LogP contribution is 2.29. The summed E-state index contributed by atoms with van der Waals surface area (Å²) < 4.78 is 0. The van der Waals surface area contributed by atoms with Crippen molar-refractivity contribution in [3.05, 3.63) is 72.9 Å². The fourth-order valence-electron chi connectivity index (χ4n) is 2.14. The molecule has 3 rings (SSSR count). The van der Waals surface area contributed by atoms with Gasteiger partial charge in [0.15, 0.2) is 5.84 Å². The number of hydrogen-bond acceptors (Lipinski definition) is 3. The molecule has 21 heavy (non-hydrogen) atoms. The smallest absolute Gasteiger partial charge is 0.233 e. The molecule has 106 valence electrons. The molecule has 0 saturated heterocycles. The molecule has 0 aromatic heterocycles. The zero-order chi connectivity index (χ0) is 14.9. The maximum absolute atomic E-state index is 4.75. The van der Waals surface area contributed by atoms with Crippen molar-refractivity contribution in [1.29, 1.82) is 0 Å². The lowest BCUT2D eigenvalue weighted by Gasteiger charge is -2.29. The average Bonchev–Trinajstić information content (AvgIpc) is 2.94. The minimum atomic E-state index is -0.108. The topological polar surface area (TPSA) is 18.8 Å². The molecular weight excluding hydrogens is 258 g/mol. The average molecular weight is 277 g/mol. The molecular formula is C18H19N3. The summed E-state index contributed by atoms with van der Waals surface area (Å²) >= 11 is 0. The molecule has 0 saturated carbocycles. The van der Waals surface area contributed by atoms with E-state index in [2.05, 4.69) is 51.7 Å². The van der Waals surface area contributed by atoms with E-state index in [9.17, 15) is 0 Å². The predicted octanol–water partition coefficient (Wildman–Crippen LogP) is 3.97. The Hall–Kier alpha value is -2.29. The molecule has 1 aliphatic rings. The minimum absolute atomic E-state index is 0.108. The van der Waals surface area contributed by atoms with Crippen molar-refractivity contribution in [3.63, 3.8) is 0 Å². The van der Waals surface area contributed by atoms with Crippen LogP contribution in [0.5, 0.6) is 0 Å². The minimum Gasteiger partial charge on any atom is -0.291 e. The number of benzene rings is 2. The molecule has 0 unspecified atom stereocenters. The number of rotatable bonds is 2. The first kappa shape index (κ1) is 13.7. The molecule has 3 nitrogen and oxygen atoms in total. The highest BCUT2D eigenvalue weighted by atomic mass is 15.6. The van der Waals surface area contributed by atoms with Gasteiger partial charge in [0.05, 0.1) is 5.54 Å². The van der Waals surface area contributed by atoms with Crippen molar-refractivity contribution in [1.82, 2.24) is 5.01 Å². The lowest BCUT2D eigenvalue weighted by Crippen LogP contribution is -2.36. The van der Waals surface area contributed by atoms with Crippen LogP contribution in [0.25, 0.3) is 0 Å². The number of hydrogen-bond donors (Lipinski definition) is 0. The van der Waals surface area contributed by atoms with Gasteiger partial charge in [-0.25, -0.2) is 0 Å². The van der Waals surface area contributed by atoms with Gasteiger partial charge >= 0.3 is 0 Å². The summed E-state index contributed by atoms with van der Waals surface area (Å²) in [4.78, 5) is 2.01. The van der Waals surface area contributed by atoms with Gasteiger partial charge in [-0.15, -0.1) is 0 Å². The van der Waals surface area contributed by atoms with E-state index in [1.807, 2.05) is 46.3 Å². The summed E-state index contributed by atoms with van der Waals surface area (Å²) in [6, 6.07) is 20.4. The van der Waals surface area contributed by atoms with Crippen LogP contribution in [0.1, 0.15) is 26.3 Å². The van der Waals surface area contributed by atoms with Crippen LogP contribution in [0.2, 0.25) is 0 Å². The van der Waals surface area contributed by atoms with Crippen molar-refractivity contribution >= 4 is 11.5 Å². The van der Waals surface area contributed by atoms with Gasteiger partial charge in [0.25, 0.3) is 0 Å². The summed E-state index contributed by atoms with van der Waals surface area (Å²) in [6.45, 7) is 9.74. The summed E-state index contributed by atoms with van der Waals surface area (Å²) in [5.41, 5.74) is 2.04. The number of anilines is 1. The van der Waals surface area contributed by atoms with Crippen molar-refractivity contribution in [3.8, 4) is 0 Å². The summed E-state index contributed by atoms with van der Waals surface area (Å²) in [7, 11) is 0. The molecule has 0 amide bonds. The second kappa shape index (κ2) is 5.24. The Kier molecular flexibility index (Phi) is 3.42. The van der Waals surface area contributed by atoms with E-state index in [-0.39, 0.29) is 5.54 Å². The SMILES string of the molecule is CC(C)(C)N1[C]N(c2ccccc2)C(c2ccccc2)=N1. The quantitative estimate of drug-likeness (QED) is 0.827. The Morgan fingerprint density at radius 1 is 0.857 bits per heavy atom. The molecule has 0 bridgehead atoms. The van der Waals surface area contributed by atoms with Crippen LogP contribution < -0.4 is 4.90 Å². The van der Waals surface area contributed by atoms with E-state index in [1.165, 1.54) is 0 Å². The molecule has 0 atom stereocenters. The summed E-state index contributed by atoms with van der Waals surface area (Å²) in [6.07, 6.45) is 0. The summed E-state index contributed by atoms with van der Waals surface area (Å²) in [5.74, 6) is 0.900. The monoisotopic (exact) mass is 277 g/mol. The van der Waals surface area contributed by atoms with Crippen molar-refractivity contribution in [2.24, 2.45) is 5.10 Å². The first-order chi connectivity index (χ1) is 10.1. The van der Waals surface area contributed by atoms with Gasteiger partial charge in [0, 0.05) is 11.3 Å². The molecule has 2 aromatic carbocycles. The van der Waals surface area contributed by atoms with E-state index in [4.69, 9.17) is 5.10 Å². The molecule has 2 aromatic rings. The number of amidine groups is 1. The highest BCUT2D eigenvalue weighted by molar-refractivity contribution is 6.11. The molecule has 0 spiro atoms. The highest BCUT2D eigenvalue weighted by Gasteiger charge is 2.33. The van der Waals surface area contributed by atoms with Gasteiger partial charge < -0.3 is 0 Å². The fraction of sp³-hybridized carbons (Fsp3) is 0.222. The van der Waals surface area contributed by atoms with Crippen LogP contribution in [0.3, 0.4) is 0 Å². The van der Waals surface area contributed by atoms with Crippen LogP contribution in [-0.2, 0) is 0 Å². The standard InChI is InChI=1S/C18H19N3/c1-18(2,3)21-14-20(16-12-8-5-9-13-16)17(19-21)15-10-6-4-7-11-15/h4-13H,1-3H3. The Balaban J connectivity index is 2.02. The third kappa shape index (κ3) is 2.77. The van der Waals surface area contributed by atoms with E-state index >= 15 is 0 Å². The number of nitrogens with zero attached hydrogens (tertiary/aromatic N) is 3. The molecule has 0 fully saturated rings. The largest absolute Gasteiger partial charge is 0.291 e. The molecule has 3 heteroatoms. The first-order valence-electron chi connectivity index (χ1n) is 7.11. The lowest BCUT2D eigenvalue weighted by molar-refractivity contribution is 0.196. The Morgan fingerprint density at radius 2 is 1.43 bits per heavy atom. The Morgan fingerprint density at radius 3 is 2.00 bits per heavy atom. The molecule has 1 heterocycles. The van der Waals surface area contributed by atoms with Gasteiger partial charge in [0.2, 0.25) is 6.67 Å². The number of para-hydroxylation sites is 1. The maximum Gasteiger partial charge on any atom is 0.233 e. The Labute approximate surface area is 126 Å². The zero-order valence-electron chi connectivity index (χ0n) is 12.6. The lowest BCUT2D eigenvalue weighted by atomic mass is 10.1. The van der Waals surface area contributed by atoms with E-state index < -0.39 is 0 Å². The van der Waals surface area contributed by atoms with E-state index in [0.29, 0.717) is 0 Å². The molecule has 2 radical (unpaired) electrons. The molecule has 1 aliphatic heterocycles. The van der Waals surface area contributed by atoms with Gasteiger partial charge in [0.1, 0.15) is 0 Å². The van der Waals surface area contributed by atoms with E-state index in [0.717, 1.165) is 17.1 Å². The van der Waals surface area contributed by atoms with Crippen molar-refractivity contribution in [2.45, 2.75) is 26.3 Å². The second-order valence-corrected chi connectivity index (χ2v) is 6.04. The van der Waals surface area contributed by atoms with Crippen molar-refractivity contribution < 1.29 is 0 Å². The third-order valence-corrected chi connectivity index (χ3v) is 3.28. The summed E-state index contributed by atoms with van der Waals surface area (Å²) in [5, 5.41) is 6.64. The maximum atomic E-state index is 4.75. The van der Waals surface area contributed by atoms with Gasteiger partial charge in [-0.05, 0) is 32.9 Å². The Bertz CT molecular complexity index is 627. The molecule has 0 N–H and O–H groups in total. The number of hydrazone groups is 1. The normalized spacial score (nSPS) is 15.3. The third-order valence-electron chi connectivity index (χ3n) is 3.28. The van der Waals surface area contributed by atoms with Crippen molar-refractivity contribution in [2.75, 3.05) is 4.90 Å². The second-order valence-electron chi connectivity index (χ2n) is 6.04. The fourth-order valence-corrected chi connectivity index (χ4v) is 2.14. The van der Waals surface area contributed by atoms with E-state index in [1.54, 1.807) is 0 Å². The van der Waals surface area contributed by atoms with Gasteiger partial charge in [-0.1, -0.05) is 48.5 Å².